The number of hydrogen-bond acceptors (Lipinski definition) is 2. The van der Waals surface area contributed by atoms with E-state index in [1.165, 1.54) is 64.2 Å². The van der Waals surface area contributed by atoms with Crippen molar-refractivity contribution < 1.29 is 5.11 Å². The van der Waals surface area contributed by atoms with Crippen LogP contribution in [0.1, 0.15) is 64.2 Å². The van der Waals surface area contributed by atoms with E-state index in [0.29, 0.717) is 12.0 Å². The van der Waals surface area contributed by atoms with Gasteiger partial charge in [0, 0.05) is 6.04 Å². The van der Waals surface area contributed by atoms with Crippen molar-refractivity contribution in [2.45, 2.75) is 76.4 Å². The van der Waals surface area contributed by atoms with Gasteiger partial charge in [-0.1, -0.05) is 38.5 Å². The van der Waals surface area contributed by atoms with Gasteiger partial charge in [-0.25, -0.2) is 0 Å². The zero-order valence-corrected chi connectivity index (χ0v) is 10.5. The maximum absolute atomic E-state index is 10.5. The van der Waals surface area contributed by atoms with Crippen molar-refractivity contribution in [3.8, 4) is 0 Å². The van der Waals surface area contributed by atoms with Gasteiger partial charge < -0.3 is 10.4 Å². The van der Waals surface area contributed by atoms with Crippen LogP contribution in [0.3, 0.4) is 0 Å². The van der Waals surface area contributed by atoms with Crippen LogP contribution in [-0.2, 0) is 0 Å². The summed E-state index contributed by atoms with van der Waals surface area (Å²) in [4.78, 5) is 0. The number of rotatable bonds is 2. The summed E-state index contributed by atoms with van der Waals surface area (Å²) in [5, 5.41) is 14.0. The van der Waals surface area contributed by atoms with Crippen LogP contribution in [-0.4, -0.2) is 23.8 Å². The molecule has 2 N–H and O–H groups in total. The summed E-state index contributed by atoms with van der Waals surface area (Å²) < 4.78 is 0. The van der Waals surface area contributed by atoms with E-state index in [0.717, 1.165) is 6.54 Å². The molecule has 2 nitrogen and oxygen atoms in total. The second kappa shape index (κ2) is 6.61. The first-order chi connectivity index (χ1) is 7.88. The lowest BCUT2D eigenvalue weighted by atomic mass is 9.88. The Morgan fingerprint density at radius 2 is 1.44 bits per heavy atom. The molecule has 0 aromatic carbocycles. The van der Waals surface area contributed by atoms with E-state index in [2.05, 4.69) is 5.32 Å². The van der Waals surface area contributed by atoms with Crippen molar-refractivity contribution in [1.82, 2.24) is 5.32 Å². The van der Waals surface area contributed by atoms with E-state index < -0.39 is 0 Å². The van der Waals surface area contributed by atoms with Gasteiger partial charge in [0.25, 0.3) is 0 Å². The number of hydrogen-bond donors (Lipinski definition) is 2. The molecular formula is C14H27NO. The molecule has 0 aromatic rings. The topological polar surface area (TPSA) is 32.3 Å². The van der Waals surface area contributed by atoms with Gasteiger partial charge in [0.2, 0.25) is 0 Å². The average molecular weight is 225 g/mol. The Bertz CT molecular complexity index is 159. The number of aliphatic hydroxyl groups is 1. The van der Waals surface area contributed by atoms with Crippen molar-refractivity contribution in [2.24, 2.45) is 5.92 Å². The molecule has 0 radical (unpaired) electrons. The molecule has 0 aromatic heterocycles. The van der Waals surface area contributed by atoms with E-state index in [-0.39, 0.29) is 6.10 Å². The Morgan fingerprint density at radius 3 is 2.19 bits per heavy atom. The lowest BCUT2D eigenvalue weighted by molar-refractivity contribution is 0.0593. The maximum Gasteiger partial charge on any atom is 0.0721 e. The maximum atomic E-state index is 10.5. The first-order valence-electron chi connectivity index (χ1n) is 7.29. The average Bonchev–Trinajstić information content (AvgIpc) is 2.73. The molecule has 94 valence electrons. The zero-order valence-electron chi connectivity index (χ0n) is 10.5. The van der Waals surface area contributed by atoms with Gasteiger partial charge in [-0.3, -0.25) is 0 Å². The van der Waals surface area contributed by atoms with Gasteiger partial charge in [-0.2, -0.15) is 0 Å². The fourth-order valence-electron chi connectivity index (χ4n) is 3.33. The first-order valence-corrected chi connectivity index (χ1v) is 7.29. The predicted octanol–water partition coefficient (Wildman–Crippen LogP) is 2.85. The Morgan fingerprint density at radius 1 is 0.812 bits per heavy atom. The third-order valence-corrected chi connectivity index (χ3v) is 4.39. The molecule has 1 aliphatic heterocycles. The molecule has 0 spiro atoms. The molecule has 2 fully saturated rings. The summed E-state index contributed by atoms with van der Waals surface area (Å²) in [5.41, 5.74) is 0. The van der Waals surface area contributed by atoms with Gasteiger partial charge in [0.05, 0.1) is 6.10 Å². The molecule has 1 saturated carbocycles. The quantitative estimate of drug-likeness (QED) is 0.708. The molecular weight excluding hydrogens is 198 g/mol. The molecule has 0 amide bonds. The second-order valence-corrected chi connectivity index (χ2v) is 5.65. The van der Waals surface area contributed by atoms with Gasteiger partial charge >= 0.3 is 0 Å². The molecule has 1 heterocycles. The second-order valence-electron chi connectivity index (χ2n) is 5.65. The molecule has 0 bridgehead atoms. The minimum atomic E-state index is -0.0869. The predicted molar refractivity (Wildman–Crippen MR) is 67.5 cm³/mol. The Balaban J connectivity index is 1.85. The van der Waals surface area contributed by atoms with E-state index in [4.69, 9.17) is 0 Å². The van der Waals surface area contributed by atoms with Crippen LogP contribution < -0.4 is 5.32 Å². The molecule has 2 rings (SSSR count). The lowest BCUT2D eigenvalue weighted by Crippen LogP contribution is -2.43. The van der Waals surface area contributed by atoms with E-state index >= 15 is 0 Å². The van der Waals surface area contributed by atoms with Crippen LogP contribution in [0, 0.1) is 5.92 Å². The third kappa shape index (κ3) is 3.46. The van der Waals surface area contributed by atoms with E-state index in [9.17, 15) is 5.11 Å². The third-order valence-electron chi connectivity index (χ3n) is 4.39. The van der Waals surface area contributed by atoms with Crippen molar-refractivity contribution >= 4 is 0 Å². The van der Waals surface area contributed by atoms with Gasteiger partial charge in [-0.15, -0.1) is 0 Å². The molecule has 2 aliphatic rings. The minimum Gasteiger partial charge on any atom is -0.391 e. The Hall–Kier alpha value is -0.0800. The van der Waals surface area contributed by atoms with Crippen molar-refractivity contribution in [2.75, 3.05) is 6.54 Å². The first kappa shape index (κ1) is 12.4. The van der Waals surface area contributed by atoms with Crippen molar-refractivity contribution in [3.05, 3.63) is 0 Å². The normalized spacial score (nSPS) is 31.7. The Labute approximate surface area is 99.8 Å². The summed E-state index contributed by atoms with van der Waals surface area (Å²) in [6.45, 7) is 1.11. The van der Waals surface area contributed by atoms with Gasteiger partial charge in [0.15, 0.2) is 0 Å². The highest BCUT2D eigenvalue weighted by Crippen LogP contribution is 2.28. The minimum absolute atomic E-state index is 0.0869. The van der Waals surface area contributed by atoms with Crippen LogP contribution in [0.25, 0.3) is 0 Å². The number of nitrogens with one attached hydrogen (secondary N) is 1. The van der Waals surface area contributed by atoms with Gasteiger partial charge in [-0.05, 0) is 38.1 Å². The van der Waals surface area contributed by atoms with E-state index in [1.54, 1.807) is 0 Å². The molecule has 2 atom stereocenters. The zero-order chi connectivity index (χ0) is 11.2. The monoisotopic (exact) mass is 225 g/mol. The fourth-order valence-corrected chi connectivity index (χ4v) is 3.33. The van der Waals surface area contributed by atoms with Crippen LogP contribution in [0.5, 0.6) is 0 Å². The van der Waals surface area contributed by atoms with Crippen LogP contribution in [0.15, 0.2) is 0 Å². The van der Waals surface area contributed by atoms with Crippen LogP contribution in [0.4, 0.5) is 0 Å². The fraction of sp³-hybridized carbons (Fsp3) is 1.00. The Kier molecular flexibility index (Phi) is 5.11. The highest BCUT2D eigenvalue weighted by Gasteiger charge is 2.28. The summed E-state index contributed by atoms with van der Waals surface area (Å²) in [6, 6.07) is 0.380. The molecule has 1 aliphatic carbocycles. The van der Waals surface area contributed by atoms with Crippen LogP contribution in [0.2, 0.25) is 0 Å². The molecule has 2 unspecified atom stereocenters. The summed E-state index contributed by atoms with van der Waals surface area (Å²) >= 11 is 0. The van der Waals surface area contributed by atoms with Crippen molar-refractivity contribution in [1.29, 1.82) is 0 Å². The summed E-state index contributed by atoms with van der Waals surface area (Å²) in [6.07, 6.45) is 12.9. The molecule has 16 heavy (non-hydrogen) atoms. The highest BCUT2D eigenvalue weighted by atomic mass is 16.3. The summed E-state index contributed by atoms with van der Waals surface area (Å²) in [7, 11) is 0. The highest BCUT2D eigenvalue weighted by molar-refractivity contribution is 4.84. The van der Waals surface area contributed by atoms with Gasteiger partial charge in [0.1, 0.15) is 0 Å². The SMILES string of the molecule is OC(C1CCCCCC1)C1CCCCCN1. The van der Waals surface area contributed by atoms with Crippen LogP contribution >= 0.6 is 0 Å². The van der Waals surface area contributed by atoms with Crippen molar-refractivity contribution in [3.63, 3.8) is 0 Å². The lowest BCUT2D eigenvalue weighted by Gasteiger charge is -2.29. The molecule has 2 heteroatoms. The smallest absolute Gasteiger partial charge is 0.0721 e. The van der Waals surface area contributed by atoms with E-state index in [1.807, 2.05) is 0 Å². The number of aliphatic hydroxyl groups excluding tert-OH is 1. The standard InChI is InChI=1S/C14H27NO/c16-14(12-8-4-1-2-5-9-12)13-10-6-3-7-11-15-13/h12-16H,1-11H2. The molecule has 1 saturated heterocycles. The largest absolute Gasteiger partial charge is 0.391 e. The summed E-state index contributed by atoms with van der Waals surface area (Å²) in [5.74, 6) is 0.568.